The first-order chi connectivity index (χ1) is 13.1. The summed E-state index contributed by atoms with van der Waals surface area (Å²) in [4.78, 5) is 25.2. The fourth-order valence-electron chi connectivity index (χ4n) is 6.20. The molecule has 1 aromatic rings. The molecule has 4 aliphatic carbocycles. The Hall–Kier alpha value is -1.84. The third kappa shape index (κ3) is 3.70. The lowest BCUT2D eigenvalue weighted by atomic mass is 9.48. The Kier molecular flexibility index (Phi) is 4.79. The van der Waals surface area contributed by atoms with Gasteiger partial charge in [0.25, 0.3) is 5.91 Å². The lowest BCUT2D eigenvalue weighted by Crippen LogP contribution is -2.55. The van der Waals surface area contributed by atoms with Crippen LogP contribution in [0.3, 0.4) is 0 Å². The van der Waals surface area contributed by atoms with Gasteiger partial charge in [0, 0.05) is 22.7 Å². The van der Waals surface area contributed by atoms with Crippen molar-refractivity contribution in [1.82, 2.24) is 5.32 Å². The number of rotatable bonds is 4. The fraction of sp³-hybridized carbons (Fsp3) is 0.667. The summed E-state index contributed by atoms with van der Waals surface area (Å²) in [6.07, 6.45) is 8.08. The second-order valence-corrected chi connectivity index (χ2v) is 10.8. The summed E-state index contributed by atoms with van der Waals surface area (Å²) in [5.41, 5.74) is 1.12. The molecule has 5 rings (SSSR count). The zero-order valence-electron chi connectivity index (χ0n) is 17.7. The smallest absolute Gasteiger partial charge is 0.251 e. The quantitative estimate of drug-likeness (QED) is 0.769. The highest BCUT2D eigenvalue weighted by molar-refractivity contribution is 5.98. The number of hydrogen-bond acceptors (Lipinski definition) is 2. The molecule has 2 amide bonds. The summed E-state index contributed by atoms with van der Waals surface area (Å²) in [6.45, 7) is 7.85. The summed E-state index contributed by atoms with van der Waals surface area (Å²) >= 11 is 0. The van der Waals surface area contributed by atoms with Gasteiger partial charge in [-0.3, -0.25) is 9.59 Å². The van der Waals surface area contributed by atoms with Crippen LogP contribution in [0.4, 0.5) is 5.69 Å². The molecule has 4 fully saturated rings. The molecule has 1 aromatic carbocycles. The van der Waals surface area contributed by atoms with E-state index in [0.717, 1.165) is 17.8 Å². The van der Waals surface area contributed by atoms with Crippen LogP contribution in [0.15, 0.2) is 24.3 Å². The van der Waals surface area contributed by atoms with Crippen molar-refractivity contribution in [3.8, 4) is 0 Å². The minimum Gasteiger partial charge on any atom is -0.349 e. The van der Waals surface area contributed by atoms with Crippen LogP contribution >= 0.6 is 0 Å². The second kappa shape index (κ2) is 6.89. The highest BCUT2D eigenvalue weighted by Crippen LogP contribution is 2.61. The Morgan fingerprint density at radius 2 is 1.61 bits per heavy atom. The number of carbonyl (C=O) groups excluding carboxylic acids is 2. The first-order valence-electron chi connectivity index (χ1n) is 10.9. The molecule has 4 aliphatic rings. The Morgan fingerprint density at radius 3 is 2.14 bits per heavy atom. The molecular weight excluding hydrogens is 348 g/mol. The zero-order valence-corrected chi connectivity index (χ0v) is 17.7. The molecule has 0 heterocycles. The third-order valence-electron chi connectivity index (χ3n) is 7.42. The van der Waals surface area contributed by atoms with Crippen molar-refractivity contribution in [3.05, 3.63) is 29.8 Å². The van der Waals surface area contributed by atoms with Gasteiger partial charge in [-0.1, -0.05) is 26.8 Å². The number of benzene rings is 1. The van der Waals surface area contributed by atoms with E-state index < -0.39 is 5.41 Å². The topological polar surface area (TPSA) is 58.2 Å². The van der Waals surface area contributed by atoms with Crippen LogP contribution in [0.1, 0.15) is 76.6 Å². The van der Waals surface area contributed by atoms with E-state index in [0.29, 0.717) is 16.7 Å². The van der Waals surface area contributed by atoms with Crippen LogP contribution in [0.25, 0.3) is 0 Å². The normalized spacial score (nSPS) is 32.1. The van der Waals surface area contributed by atoms with Crippen molar-refractivity contribution in [2.75, 3.05) is 5.32 Å². The maximum atomic E-state index is 13.0. The fourth-order valence-corrected chi connectivity index (χ4v) is 6.20. The number of hydrogen-bond donors (Lipinski definition) is 2. The van der Waals surface area contributed by atoms with Crippen molar-refractivity contribution in [2.24, 2.45) is 28.6 Å². The Bertz CT molecular complexity index is 742. The number of anilines is 1. The van der Waals surface area contributed by atoms with E-state index in [9.17, 15) is 9.59 Å². The summed E-state index contributed by atoms with van der Waals surface area (Å²) in [5, 5.41) is 6.23. The molecule has 0 aliphatic heterocycles. The van der Waals surface area contributed by atoms with E-state index >= 15 is 0 Å². The highest BCUT2D eigenvalue weighted by Gasteiger charge is 2.53. The van der Waals surface area contributed by atoms with Gasteiger partial charge in [-0.25, -0.2) is 0 Å². The second-order valence-electron chi connectivity index (χ2n) is 10.8. The molecule has 4 saturated carbocycles. The summed E-state index contributed by atoms with van der Waals surface area (Å²) < 4.78 is 0. The molecule has 4 bridgehead atoms. The highest BCUT2D eigenvalue weighted by atomic mass is 16.2. The van der Waals surface area contributed by atoms with Crippen LogP contribution in [-0.4, -0.2) is 17.9 Å². The molecule has 4 nitrogen and oxygen atoms in total. The van der Waals surface area contributed by atoms with Gasteiger partial charge in [0.2, 0.25) is 5.91 Å². The van der Waals surface area contributed by atoms with E-state index in [1.807, 2.05) is 39.0 Å². The molecule has 0 aromatic heterocycles. The Morgan fingerprint density at radius 1 is 1.04 bits per heavy atom. The molecule has 0 spiro atoms. The Balaban J connectivity index is 1.44. The number of nitrogens with one attached hydrogen (secondary N) is 2. The Labute approximate surface area is 168 Å². The van der Waals surface area contributed by atoms with Crippen LogP contribution in [-0.2, 0) is 4.79 Å². The van der Waals surface area contributed by atoms with E-state index in [2.05, 4.69) is 17.6 Å². The maximum Gasteiger partial charge on any atom is 0.251 e. The molecule has 0 saturated heterocycles. The van der Waals surface area contributed by atoms with Crippen molar-refractivity contribution in [1.29, 1.82) is 0 Å². The monoisotopic (exact) mass is 382 g/mol. The van der Waals surface area contributed by atoms with Crippen molar-refractivity contribution < 1.29 is 9.59 Å². The predicted octanol–water partition coefficient (Wildman–Crippen LogP) is 5.01. The molecule has 1 atom stereocenters. The first-order valence-corrected chi connectivity index (χ1v) is 10.9. The predicted molar refractivity (Wildman–Crippen MR) is 112 cm³/mol. The van der Waals surface area contributed by atoms with Gasteiger partial charge in [0.15, 0.2) is 0 Å². The van der Waals surface area contributed by atoms with Gasteiger partial charge in [0.1, 0.15) is 0 Å². The van der Waals surface area contributed by atoms with Crippen molar-refractivity contribution >= 4 is 17.5 Å². The van der Waals surface area contributed by atoms with E-state index in [1.165, 1.54) is 38.5 Å². The lowest BCUT2D eigenvalue weighted by Gasteiger charge is -2.59. The van der Waals surface area contributed by atoms with Gasteiger partial charge in [-0.15, -0.1) is 0 Å². The van der Waals surface area contributed by atoms with Crippen molar-refractivity contribution in [3.63, 3.8) is 0 Å². The number of carbonyl (C=O) groups is 2. The standard InChI is InChI=1S/C24H34N2O2/c1-15(24-12-16-8-17(13-24)10-18(9-16)14-24)25-21(27)19-6-5-7-20(11-19)26-22(28)23(2,3)4/h5-7,11,15-18H,8-10,12-14H2,1-4H3,(H,25,27)(H,26,28). The number of amides is 2. The average molecular weight is 383 g/mol. The SMILES string of the molecule is CC(NC(=O)c1cccc(NC(=O)C(C)(C)C)c1)C12CC3CC(CC(C3)C1)C2. The molecule has 28 heavy (non-hydrogen) atoms. The van der Waals surface area contributed by atoms with E-state index in [-0.39, 0.29) is 17.9 Å². The molecule has 1 unspecified atom stereocenters. The minimum absolute atomic E-state index is 0.0323. The summed E-state index contributed by atoms with van der Waals surface area (Å²) in [6, 6.07) is 7.48. The minimum atomic E-state index is -0.467. The third-order valence-corrected chi connectivity index (χ3v) is 7.42. The summed E-state index contributed by atoms with van der Waals surface area (Å²) in [7, 11) is 0. The zero-order chi connectivity index (χ0) is 20.1. The molecule has 4 heteroatoms. The van der Waals surface area contributed by atoms with E-state index in [4.69, 9.17) is 0 Å². The maximum absolute atomic E-state index is 13.0. The van der Waals surface area contributed by atoms with Crippen LogP contribution in [0, 0.1) is 28.6 Å². The molecule has 0 radical (unpaired) electrons. The van der Waals surface area contributed by atoms with E-state index in [1.54, 1.807) is 6.07 Å². The van der Waals surface area contributed by atoms with Crippen LogP contribution in [0.2, 0.25) is 0 Å². The van der Waals surface area contributed by atoms with Crippen LogP contribution < -0.4 is 10.6 Å². The van der Waals surface area contributed by atoms with Gasteiger partial charge in [-0.05, 0) is 86.8 Å². The van der Waals surface area contributed by atoms with Crippen LogP contribution in [0.5, 0.6) is 0 Å². The van der Waals surface area contributed by atoms with Gasteiger partial charge < -0.3 is 10.6 Å². The van der Waals surface area contributed by atoms with Crippen molar-refractivity contribution in [2.45, 2.75) is 72.3 Å². The lowest BCUT2D eigenvalue weighted by molar-refractivity contribution is -0.123. The van der Waals surface area contributed by atoms with Gasteiger partial charge in [-0.2, -0.15) is 0 Å². The first kappa shape index (κ1) is 19.5. The largest absolute Gasteiger partial charge is 0.349 e. The van der Waals surface area contributed by atoms with Gasteiger partial charge >= 0.3 is 0 Å². The van der Waals surface area contributed by atoms with Gasteiger partial charge in [0.05, 0.1) is 0 Å². The summed E-state index contributed by atoms with van der Waals surface area (Å²) in [5.74, 6) is 2.55. The molecule has 2 N–H and O–H groups in total. The average Bonchev–Trinajstić information content (AvgIpc) is 2.60. The molecular formula is C24H34N2O2. The molecule has 152 valence electrons.